The average Bonchev–Trinajstić information content (AvgIpc) is 2.88. The third-order valence-corrected chi connectivity index (χ3v) is 5.85. The van der Waals surface area contributed by atoms with Gasteiger partial charge < -0.3 is 15.4 Å². The third kappa shape index (κ3) is 6.36. The summed E-state index contributed by atoms with van der Waals surface area (Å²) in [5, 5.41) is 0. The van der Waals surface area contributed by atoms with Crippen LogP contribution in [-0.4, -0.2) is 25.9 Å². The standard InChI is InChI=1S/C26H34N6O5/c1-6-19-7-9-20(10-8-19)15-30-24(29-21-11-12-22(17(4)13-21)36-16(2)3)32(27)26(35)31(25(30)34)14-18(5)23(33)37-28/h7-13,16,18H,6,14-15,27-28H2,1-5H3/b29-24-/t18-/m0/s1. The van der Waals surface area contributed by atoms with Crippen LogP contribution in [0.4, 0.5) is 5.69 Å². The second-order valence-corrected chi connectivity index (χ2v) is 9.17. The van der Waals surface area contributed by atoms with E-state index in [1.54, 1.807) is 18.2 Å². The molecular formula is C26H34N6O5. The fourth-order valence-electron chi connectivity index (χ4n) is 3.80. The van der Waals surface area contributed by atoms with Crippen molar-refractivity contribution in [2.45, 2.75) is 60.2 Å². The van der Waals surface area contributed by atoms with E-state index >= 15 is 0 Å². The number of carbonyl (C=O) groups is 1. The summed E-state index contributed by atoms with van der Waals surface area (Å²) in [4.78, 5) is 47.3. The molecule has 1 heterocycles. The minimum absolute atomic E-state index is 0.00324. The van der Waals surface area contributed by atoms with E-state index in [4.69, 9.17) is 16.5 Å². The van der Waals surface area contributed by atoms with Gasteiger partial charge >= 0.3 is 17.3 Å². The van der Waals surface area contributed by atoms with Crippen LogP contribution >= 0.6 is 0 Å². The van der Waals surface area contributed by atoms with E-state index in [0.29, 0.717) is 11.4 Å². The van der Waals surface area contributed by atoms with Gasteiger partial charge in [-0.1, -0.05) is 38.1 Å². The number of ether oxygens (including phenoxy) is 1. The summed E-state index contributed by atoms with van der Waals surface area (Å²) >= 11 is 0. The molecule has 0 spiro atoms. The Morgan fingerprint density at radius 3 is 2.22 bits per heavy atom. The summed E-state index contributed by atoms with van der Waals surface area (Å²) in [5.74, 6) is 10.2. The molecule has 0 unspecified atom stereocenters. The SMILES string of the molecule is CCc1ccc(Cn2c(=O)n(C[C@H](C)C(=O)ON)c(=O)n(N)/c2=N\c2ccc(OC(C)C)c(C)c2)cc1. The quantitative estimate of drug-likeness (QED) is 0.327. The van der Waals surface area contributed by atoms with E-state index in [1.807, 2.05) is 45.0 Å². The first kappa shape index (κ1) is 27.5. The molecule has 0 aliphatic heterocycles. The number of aromatic nitrogens is 3. The van der Waals surface area contributed by atoms with Gasteiger partial charge in [0.05, 0.1) is 24.3 Å². The van der Waals surface area contributed by atoms with Crippen molar-refractivity contribution in [1.29, 1.82) is 0 Å². The van der Waals surface area contributed by atoms with Gasteiger partial charge in [0.1, 0.15) is 5.75 Å². The largest absolute Gasteiger partial charge is 0.491 e. The molecule has 0 aliphatic rings. The fourth-order valence-corrected chi connectivity index (χ4v) is 3.80. The molecule has 0 aliphatic carbocycles. The van der Waals surface area contributed by atoms with E-state index in [-0.39, 0.29) is 24.8 Å². The van der Waals surface area contributed by atoms with E-state index in [1.165, 1.54) is 11.5 Å². The number of carbonyl (C=O) groups excluding carboxylic acids is 1. The molecule has 198 valence electrons. The third-order valence-electron chi connectivity index (χ3n) is 5.85. The Morgan fingerprint density at radius 1 is 1.00 bits per heavy atom. The molecule has 37 heavy (non-hydrogen) atoms. The normalized spacial score (nSPS) is 12.6. The van der Waals surface area contributed by atoms with Crippen molar-refractivity contribution in [3.63, 3.8) is 0 Å². The number of benzene rings is 2. The van der Waals surface area contributed by atoms with Crippen molar-refractivity contribution in [1.82, 2.24) is 13.8 Å². The molecule has 11 nitrogen and oxygen atoms in total. The molecule has 0 bridgehead atoms. The number of nitrogens with zero attached hydrogens (tertiary/aromatic N) is 4. The molecule has 1 aromatic heterocycles. The number of hydrogen-bond acceptors (Lipinski definition) is 8. The molecule has 11 heteroatoms. The van der Waals surface area contributed by atoms with Gasteiger partial charge in [-0.25, -0.2) is 19.1 Å². The van der Waals surface area contributed by atoms with E-state index in [9.17, 15) is 14.4 Å². The Bertz CT molecular complexity index is 1450. The summed E-state index contributed by atoms with van der Waals surface area (Å²) in [5.41, 5.74) is 1.74. The van der Waals surface area contributed by atoms with Crippen LogP contribution in [0.1, 0.15) is 44.4 Å². The first-order chi connectivity index (χ1) is 17.5. The minimum Gasteiger partial charge on any atom is -0.491 e. The summed E-state index contributed by atoms with van der Waals surface area (Å²) in [6.07, 6.45) is 0.878. The molecule has 0 radical (unpaired) electrons. The molecule has 0 saturated carbocycles. The van der Waals surface area contributed by atoms with Gasteiger partial charge in [0.2, 0.25) is 5.62 Å². The molecular weight excluding hydrogens is 476 g/mol. The predicted octanol–water partition coefficient (Wildman–Crippen LogP) is 1.52. The molecule has 4 N–H and O–H groups in total. The lowest BCUT2D eigenvalue weighted by atomic mass is 10.1. The van der Waals surface area contributed by atoms with Crippen LogP contribution in [0.5, 0.6) is 5.75 Å². The highest BCUT2D eigenvalue weighted by atomic mass is 16.7. The van der Waals surface area contributed by atoms with Crippen LogP contribution in [0, 0.1) is 12.8 Å². The minimum atomic E-state index is -0.855. The van der Waals surface area contributed by atoms with Crippen molar-refractivity contribution >= 4 is 11.7 Å². The van der Waals surface area contributed by atoms with Gasteiger partial charge in [-0.05, 0) is 62.1 Å². The fraction of sp³-hybridized carbons (Fsp3) is 0.385. The first-order valence-corrected chi connectivity index (χ1v) is 12.1. The maximum absolute atomic E-state index is 13.6. The lowest BCUT2D eigenvalue weighted by Gasteiger charge is -2.16. The maximum Gasteiger partial charge on any atom is 0.353 e. The molecule has 0 fully saturated rings. The van der Waals surface area contributed by atoms with Crippen molar-refractivity contribution in [3.05, 3.63) is 85.7 Å². The Kier molecular flexibility index (Phi) is 8.72. The molecule has 3 aromatic rings. The van der Waals surface area contributed by atoms with E-state index in [0.717, 1.165) is 32.4 Å². The topological polar surface area (TPSA) is 149 Å². The predicted molar refractivity (Wildman–Crippen MR) is 140 cm³/mol. The number of nitrogens with two attached hydrogens (primary N) is 2. The summed E-state index contributed by atoms with van der Waals surface area (Å²) in [6, 6.07) is 13.0. The lowest BCUT2D eigenvalue weighted by Crippen LogP contribution is -2.58. The zero-order valence-corrected chi connectivity index (χ0v) is 21.8. The van der Waals surface area contributed by atoms with Crippen molar-refractivity contribution in [3.8, 4) is 5.75 Å². The molecule has 0 amide bonds. The van der Waals surface area contributed by atoms with Crippen molar-refractivity contribution < 1.29 is 14.4 Å². The van der Waals surface area contributed by atoms with Gasteiger partial charge in [0.25, 0.3) is 0 Å². The van der Waals surface area contributed by atoms with Gasteiger partial charge in [-0.3, -0.25) is 9.36 Å². The van der Waals surface area contributed by atoms with Crippen LogP contribution in [0.25, 0.3) is 0 Å². The van der Waals surface area contributed by atoms with E-state index in [2.05, 4.69) is 16.8 Å². The molecule has 3 rings (SSSR count). The molecule has 1 atom stereocenters. The lowest BCUT2D eigenvalue weighted by molar-refractivity contribution is -0.149. The second-order valence-electron chi connectivity index (χ2n) is 9.17. The van der Waals surface area contributed by atoms with Crippen LogP contribution < -0.4 is 33.5 Å². The van der Waals surface area contributed by atoms with Crippen LogP contribution in [-0.2, 0) is 29.1 Å². The van der Waals surface area contributed by atoms with Crippen molar-refractivity contribution in [2.75, 3.05) is 5.84 Å². The Hall–Kier alpha value is -4.12. The van der Waals surface area contributed by atoms with Gasteiger partial charge in [0.15, 0.2) is 0 Å². The zero-order chi connectivity index (χ0) is 27.3. The van der Waals surface area contributed by atoms with E-state index < -0.39 is 23.3 Å². The highest BCUT2D eigenvalue weighted by Crippen LogP contribution is 2.24. The number of hydrogen-bond donors (Lipinski definition) is 2. The molecule has 2 aromatic carbocycles. The number of rotatable bonds is 9. The van der Waals surface area contributed by atoms with Crippen LogP contribution in [0.3, 0.4) is 0 Å². The number of nitrogen functional groups attached to an aromatic ring is 1. The van der Waals surface area contributed by atoms with Gasteiger partial charge in [-0.15, -0.1) is 0 Å². The Labute approximate surface area is 214 Å². The highest BCUT2D eigenvalue weighted by Gasteiger charge is 2.20. The number of aryl methyl sites for hydroxylation is 2. The summed E-state index contributed by atoms with van der Waals surface area (Å²) in [6.45, 7) is 9.14. The van der Waals surface area contributed by atoms with Crippen LogP contribution in [0.2, 0.25) is 0 Å². The first-order valence-electron chi connectivity index (χ1n) is 12.1. The Balaban J connectivity index is 2.21. The monoisotopic (exact) mass is 510 g/mol. The molecule has 0 saturated heterocycles. The second kappa shape index (κ2) is 11.7. The Morgan fingerprint density at radius 2 is 1.65 bits per heavy atom. The summed E-state index contributed by atoms with van der Waals surface area (Å²) in [7, 11) is 0. The van der Waals surface area contributed by atoms with Crippen molar-refractivity contribution in [2.24, 2.45) is 16.8 Å². The zero-order valence-electron chi connectivity index (χ0n) is 21.8. The van der Waals surface area contributed by atoms with Crippen LogP contribution in [0.15, 0.2) is 57.0 Å². The van der Waals surface area contributed by atoms with Gasteiger partial charge in [-0.2, -0.15) is 10.6 Å². The average molecular weight is 511 g/mol. The maximum atomic E-state index is 13.6. The smallest absolute Gasteiger partial charge is 0.353 e. The van der Waals surface area contributed by atoms with Gasteiger partial charge in [0, 0.05) is 6.54 Å². The highest BCUT2D eigenvalue weighted by molar-refractivity contribution is 5.71. The summed E-state index contributed by atoms with van der Waals surface area (Å²) < 4.78 is 8.77.